The average molecular weight is 480 g/mol. The van der Waals surface area contributed by atoms with Crippen LogP contribution in [0.3, 0.4) is 0 Å². The van der Waals surface area contributed by atoms with Crippen molar-refractivity contribution in [1.29, 1.82) is 0 Å². The fraction of sp³-hybridized carbons (Fsp3) is 0.417. The largest absolute Gasteiger partial charge is 0.493 e. The van der Waals surface area contributed by atoms with E-state index in [0.717, 1.165) is 0 Å². The minimum atomic E-state index is -1.67. The number of halogens is 2. The van der Waals surface area contributed by atoms with E-state index in [-0.39, 0.29) is 37.2 Å². The lowest BCUT2D eigenvalue weighted by Crippen LogP contribution is -2.57. The van der Waals surface area contributed by atoms with Crippen molar-refractivity contribution in [2.24, 2.45) is 5.92 Å². The Bertz CT molecular complexity index is 1020. The molecule has 3 rings (SSSR count). The van der Waals surface area contributed by atoms with Gasteiger partial charge in [0.2, 0.25) is 0 Å². The molecule has 2 N–H and O–H groups in total. The molecular weight excluding hydrogens is 453 g/mol. The molecule has 2 aromatic rings. The number of aliphatic carboxylic acids is 1. The first kappa shape index (κ1) is 24.8. The SMILES string of the molecule is COc1ccc(C(=O)N(O)C2(C(=O)O)CCC(C)CC2)cc1OCCc1cc(Cl)ccc1F. The van der Waals surface area contributed by atoms with Crippen molar-refractivity contribution in [3.63, 3.8) is 0 Å². The molecule has 33 heavy (non-hydrogen) atoms. The molecule has 1 saturated carbocycles. The van der Waals surface area contributed by atoms with Crippen LogP contribution >= 0.6 is 11.6 Å². The van der Waals surface area contributed by atoms with Crippen molar-refractivity contribution in [1.82, 2.24) is 5.06 Å². The molecule has 0 unspecified atom stereocenters. The van der Waals surface area contributed by atoms with Gasteiger partial charge >= 0.3 is 5.97 Å². The Kier molecular flexibility index (Phi) is 7.81. The van der Waals surface area contributed by atoms with E-state index in [0.29, 0.717) is 40.2 Å². The zero-order valence-electron chi connectivity index (χ0n) is 18.5. The number of hydrogen-bond donors (Lipinski definition) is 2. The Hall–Kier alpha value is -2.84. The maximum atomic E-state index is 13.9. The summed E-state index contributed by atoms with van der Waals surface area (Å²) in [6.45, 7) is 2.09. The summed E-state index contributed by atoms with van der Waals surface area (Å²) in [5, 5.41) is 21.2. The number of amides is 1. The van der Waals surface area contributed by atoms with Gasteiger partial charge in [0.1, 0.15) is 5.82 Å². The second-order valence-electron chi connectivity index (χ2n) is 8.34. The van der Waals surface area contributed by atoms with Crippen molar-refractivity contribution in [3.8, 4) is 11.5 Å². The van der Waals surface area contributed by atoms with E-state index in [1.807, 2.05) is 6.92 Å². The van der Waals surface area contributed by atoms with E-state index >= 15 is 0 Å². The lowest BCUT2D eigenvalue weighted by atomic mass is 9.76. The molecule has 0 spiro atoms. The second-order valence-corrected chi connectivity index (χ2v) is 8.77. The Morgan fingerprint density at radius 1 is 1.18 bits per heavy atom. The normalized spacial score (nSPS) is 20.2. The van der Waals surface area contributed by atoms with Gasteiger partial charge in [-0.15, -0.1) is 0 Å². The molecule has 178 valence electrons. The molecule has 0 aromatic heterocycles. The van der Waals surface area contributed by atoms with Crippen LogP contribution in [0.2, 0.25) is 5.02 Å². The molecule has 0 heterocycles. The number of carbonyl (C=O) groups excluding carboxylic acids is 1. The van der Waals surface area contributed by atoms with Crippen LogP contribution in [0.4, 0.5) is 4.39 Å². The third kappa shape index (κ3) is 5.39. The van der Waals surface area contributed by atoms with Crippen LogP contribution in [-0.2, 0) is 11.2 Å². The highest BCUT2D eigenvalue weighted by molar-refractivity contribution is 6.30. The number of ether oxygens (including phenoxy) is 2. The Labute approximate surface area is 196 Å². The first-order valence-corrected chi connectivity index (χ1v) is 11.1. The predicted molar refractivity (Wildman–Crippen MR) is 120 cm³/mol. The molecule has 0 aliphatic heterocycles. The molecule has 0 bridgehead atoms. The first-order chi connectivity index (χ1) is 15.7. The van der Waals surface area contributed by atoms with Gasteiger partial charge in [0, 0.05) is 17.0 Å². The summed E-state index contributed by atoms with van der Waals surface area (Å²) in [6.07, 6.45) is 1.73. The fourth-order valence-electron chi connectivity index (χ4n) is 4.00. The van der Waals surface area contributed by atoms with Crippen molar-refractivity contribution in [3.05, 3.63) is 58.4 Å². The van der Waals surface area contributed by atoms with Crippen LogP contribution < -0.4 is 9.47 Å². The highest BCUT2D eigenvalue weighted by atomic mass is 35.5. The molecule has 7 nitrogen and oxygen atoms in total. The molecule has 9 heteroatoms. The number of carboxylic acids is 1. The molecule has 0 saturated heterocycles. The summed E-state index contributed by atoms with van der Waals surface area (Å²) in [7, 11) is 1.43. The van der Waals surface area contributed by atoms with Gasteiger partial charge < -0.3 is 14.6 Å². The first-order valence-electron chi connectivity index (χ1n) is 10.7. The van der Waals surface area contributed by atoms with Gasteiger partial charge in [-0.2, -0.15) is 0 Å². The highest BCUT2D eigenvalue weighted by Crippen LogP contribution is 2.37. The minimum absolute atomic E-state index is 0.0430. The Morgan fingerprint density at radius 2 is 1.88 bits per heavy atom. The minimum Gasteiger partial charge on any atom is -0.493 e. The zero-order chi connectivity index (χ0) is 24.2. The summed E-state index contributed by atoms with van der Waals surface area (Å²) in [4.78, 5) is 25.0. The second kappa shape index (κ2) is 10.4. The molecule has 0 radical (unpaired) electrons. The molecule has 0 atom stereocenters. The summed E-state index contributed by atoms with van der Waals surface area (Å²) in [5.41, 5.74) is -1.25. The van der Waals surface area contributed by atoms with Crippen molar-refractivity contribution in [2.75, 3.05) is 13.7 Å². The van der Waals surface area contributed by atoms with Crippen molar-refractivity contribution < 1.29 is 33.8 Å². The number of methoxy groups -OCH3 is 1. The fourth-order valence-corrected chi connectivity index (χ4v) is 4.20. The molecule has 1 fully saturated rings. The van der Waals surface area contributed by atoms with E-state index in [2.05, 4.69) is 0 Å². The third-order valence-electron chi connectivity index (χ3n) is 6.14. The topological polar surface area (TPSA) is 96.3 Å². The van der Waals surface area contributed by atoms with Crippen LogP contribution in [-0.4, -0.2) is 46.5 Å². The maximum absolute atomic E-state index is 13.9. The van der Waals surface area contributed by atoms with Gasteiger partial charge in [0.05, 0.1) is 13.7 Å². The monoisotopic (exact) mass is 479 g/mol. The van der Waals surface area contributed by atoms with Gasteiger partial charge in [-0.1, -0.05) is 18.5 Å². The van der Waals surface area contributed by atoms with Crippen LogP contribution in [0.15, 0.2) is 36.4 Å². The van der Waals surface area contributed by atoms with Crippen LogP contribution in [0.25, 0.3) is 0 Å². The highest BCUT2D eigenvalue weighted by Gasteiger charge is 2.48. The smallest absolute Gasteiger partial charge is 0.332 e. The molecule has 1 amide bonds. The van der Waals surface area contributed by atoms with Gasteiger partial charge in [-0.05, 0) is 73.6 Å². The number of carbonyl (C=O) groups is 2. The molecule has 1 aliphatic carbocycles. The summed E-state index contributed by atoms with van der Waals surface area (Å²) in [6, 6.07) is 8.54. The third-order valence-corrected chi connectivity index (χ3v) is 6.38. The van der Waals surface area contributed by atoms with E-state index in [1.165, 1.54) is 43.5 Å². The Balaban J connectivity index is 1.78. The number of benzene rings is 2. The van der Waals surface area contributed by atoms with E-state index in [4.69, 9.17) is 21.1 Å². The maximum Gasteiger partial charge on any atom is 0.332 e. The Morgan fingerprint density at radius 3 is 2.52 bits per heavy atom. The number of rotatable bonds is 8. The lowest BCUT2D eigenvalue weighted by Gasteiger charge is -2.40. The van der Waals surface area contributed by atoms with Crippen LogP contribution in [0, 0.1) is 11.7 Å². The van der Waals surface area contributed by atoms with Crippen LogP contribution in [0.5, 0.6) is 11.5 Å². The molecule has 2 aromatic carbocycles. The zero-order valence-corrected chi connectivity index (χ0v) is 19.3. The number of hydrogen-bond acceptors (Lipinski definition) is 5. The van der Waals surface area contributed by atoms with E-state index < -0.39 is 23.2 Å². The predicted octanol–water partition coefficient (Wildman–Crippen LogP) is 4.97. The van der Waals surface area contributed by atoms with Crippen molar-refractivity contribution in [2.45, 2.75) is 44.6 Å². The molecule has 1 aliphatic rings. The molecular formula is C24H27ClFNO6. The number of nitrogens with zero attached hydrogens (tertiary/aromatic N) is 1. The van der Waals surface area contributed by atoms with E-state index in [9.17, 15) is 24.3 Å². The quantitative estimate of drug-likeness (QED) is 0.409. The standard InChI is InChI=1S/C24H27ClFNO6/c1-15-7-10-24(11-8-15,23(29)30)27(31)22(28)17-3-6-20(32-2)21(14-17)33-12-9-16-13-18(25)4-5-19(16)26/h3-6,13-15,31H,7-12H2,1-2H3,(H,29,30). The lowest BCUT2D eigenvalue weighted by molar-refractivity contribution is -0.185. The van der Waals surface area contributed by atoms with Gasteiger partial charge in [0.25, 0.3) is 5.91 Å². The van der Waals surface area contributed by atoms with Crippen molar-refractivity contribution >= 4 is 23.5 Å². The van der Waals surface area contributed by atoms with E-state index in [1.54, 1.807) is 0 Å². The summed E-state index contributed by atoms with van der Waals surface area (Å²) < 4.78 is 24.9. The summed E-state index contributed by atoms with van der Waals surface area (Å²) in [5.74, 6) is -1.62. The summed E-state index contributed by atoms with van der Waals surface area (Å²) >= 11 is 5.92. The van der Waals surface area contributed by atoms with Gasteiger partial charge in [0.15, 0.2) is 17.0 Å². The van der Waals surface area contributed by atoms with Crippen LogP contribution in [0.1, 0.15) is 48.5 Å². The van der Waals surface area contributed by atoms with Gasteiger partial charge in [-0.25, -0.2) is 14.2 Å². The number of hydroxylamine groups is 2. The average Bonchev–Trinajstić information content (AvgIpc) is 2.80. The van der Waals surface area contributed by atoms with Gasteiger partial charge in [-0.3, -0.25) is 10.0 Å². The number of carboxylic acid groups (broad SMARTS) is 1.